The third-order valence-electron chi connectivity index (χ3n) is 3.22. The molecule has 1 N–H and O–H groups in total. The van der Waals surface area contributed by atoms with Crippen LogP contribution in [0.5, 0.6) is 0 Å². The summed E-state index contributed by atoms with van der Waals surface area (Å²) >= 11 is 6.59. The second-order valence-electron chi connectivity index (χ2n) is 6.10. The summed E-state index contributed by atoms with van der Waals surface area (Å²) in [4.78, 5) is 3.31. The van der Waals surface area contributed by atoms with Crippen LogP contribution in [-0.4, -0.2) is 30.8 Å². The van der Waals surface area contributed by atoms with Gasteiger partial charge in [-0.1, -0.05) is 45.1 Å². The lowest BCUT2D eigenvalue weighted by molar-refractivity contribution is 0.108. The molecule has 5 heteroatoms. The van der Waals surface area contributed by atoms with Gasteiger partial charge in [0.1, 0.15) is 18.8 Å². The Hall–Kier alpha value is -1.39. The van der Waals surface area contributed by atoms with Crippen LogP contribution in [0, 0.1) is 5.41 Å². The third-order valence-corrected chi connectivity index (χ3v) is 3.61. The molecule has 4 nitrogen and oxygen atoms in total. The van der Waals surface area contributed by atoms with E-state index in [2.05, 4.69) is 10.1 Å². The minimum atomic E-state index is -0.695. The number of aromatic nitrogens is 3. The van der Waals surface area contributed by atoms with Gasteiger partial charge in [-0.05, 0) is 17.9 Å². The average molecular weight is 294 g/mol. The van der Waals surface area contributed by atoms with Crippen molar-refractivity contribution in [3.63, 3.8) is 0 Å². The van der Waals surface area contributed by atoms with E-state index in [0.717, 1.165) is 0 Å². The van der Waals surface area contributed by atoms with Gasteiger partial charge < -0.3 is 5.11 Å². The van der Waals surface area contributed by atoms with Gasteiger partial charge in [-0.2, -0.15) is 5.10 Å². The monoisotopic (exact) mass is 293 g/mol. The summed E-state index contributed by atoms with van der Waals surface area (Å²) in [6, 6.07) is 0. The summed E-state index contributed by atoms with van der Waals surface area (Å²) in [5.41, 5.74) is 0.323. The van der Waals surface area contributed by atoms with Gasteiger partial charge in [-0.25, -0.2) is 9.67 Å². The zero-order valence-electron chi connectivity index (χ0n) is 12.0. The molecule has 0 amide bonds. The first-order chi connectivity index (χ1) is 9.32. The van der Waals surface area contributed by atoms with Crippen LogP contribution in [0.25, 0.3) is 5.70 Å². The van der Waals surface area contributed by atoms with Gasteiger partial charge in [0.25, 0.3) is 0 Å². The van der Waals surface area contributed by atoms with E-state index in [1.54, 1.807) is 11.0 Å². The molecule has 0 aliphatic heterocycles. The molecule has 2 rings (SSSR count). The lowest BCUT2D eigenvalue weighted by atomic mass is 9.85. The second kappa shape index (κ2) is 5.54. The van der Waals surface area contributed by atoms with Crippen molar-refractivity contribution >= 4 is 17.3 Å². The summed E-state index contributed by atoms with van der Waals surface area (Å²) in [5.74, 6) is 0. The SMILES string of the molecule is CC(C)(C)C(O)/C(=C\C1(Cl)C=CC=CC1)n1cncn1. The number of aliphatic hydroxyl groups is 1. The van der Waals surface area contributed by atoms with E-state index in [-0.39, 0.29) is 5.41 Å². The molecule has 2 atom stereocenters. The summed E-state index contributed by atoms with van der Waals surface area (Å²) in [5, 5.41) is 14.7. The Kier molecular flexibility index (Phi) is 4.16. The molecule has 1 aromatic heterocycles. The Morgan fingerprint density at radius 2 is 2.20 bits per heavy atom. The zero-order chi connectivity index (χ0) is 14.8. The van der Waals surface area contributed by atoms with Gasteiger partial charge in [0.05, 0.1) is 10.6 Å². The Morgan fingerprint density at radius 1 is 1.45 bits per heavy atom. The van der Waals surface area contributed by atoms with Crippen molar-refractivity contribution in [3.05, 3.63) is 43.0 Å². The number of aliphatic hydroxyl groups excluding tert-OH is 1. The normalized spacial score (nSPS) is 24.9. The van der Waals surface area contributed by atoms with Crippen LogP contribution in [0.2, 0.25) is 0 Å². The fraction of sp³-hybridized carbons (Fsp3) is 0.467. The first-order valence-electron chi connectivity index (χ1n) is 6.61. The van der Waals surface area contributed by atoms with Gasteiger partial charge >= 0.3 is 0 Å². The van der Waals surface area contributed by atoms with Crippen LogP contribution in [0.4, 0.5) is 0 Å². The van der Waals surface area contributed by atoms with Gasteiger partial charge in [-0.3, -0.25) is 0 Å². The van der Waals surface area contributed by atoms with E-state index < -0.39 is 11.0 Å². The van der Waals surface area contributed by atoms with Crippen molar-refractivity contribution in [1.82, 2.24) is 14.8 Å². The highest BCUT2D eigenvalue weighted by Crippen LogP contribution is 2.34. The molecular formula is C15H20ClN3O. The third kappa shape index (κ3) is 3.38. The van der Waals surface area contributed by atoms with Crippen molar-refractivity contribution < 1.29 is 5.11 Å². The van der Waals surface area contributed by atoms with E-state index in [0.29, 0.717) is 12.1 Å². The smallest absolute Gasteiger partial charge is 0.138 e. The standard InChI is InChI=1S/C15H20ClN3O/c1-14(2,3)13(20)12(19-11-17-10-18-19)9-15(16)7-5-4-6-8-15/h4-7,9-11,13,20H,8H2,1-3H3/b12-9+. The van der Waals surface area contributed by atoms with Crippen LogP contribution >= 0.6 is 11.6 Å². The molecule has 1 aromatic rings. The molecule has 108 valence electrons. The van der Waals surface area contributed by atoms with Crippen molar-refractivity contribution in [2.45, 2.75) is 38.2 Å². The molecule has 1 aliphatic carbocycles. The summed E-state index contributed by atoms with van der Waals surface area (Å²) in [6.45, 7) is 5.92. The van der Waals surface area contributed by atoms with Crippen LogP contribution in [-0.2, 0) is 0 Å². The number of nitrogens with zero attached hydrogens (tertiary/aromatic N) is 3. The minimum absolute atomic E-state index is 0.320. The number of hydrogen-bond acceptors (Lipinski definition) is 3. The van der Waals surface area contributed by atoms with Crippen molar-refractivity contribution in [2.75, 3.05) is 0 Å². The highest BCUT2D eigenvalue weighted by molar-refractivity contribution is 6.27. The number of halogens is 1. The van der Waals surface area contributed by atoms with E-state index in [1.807, 2.05) is 51.2 Å². The molecule has 0 radical (unpaired) electrons. The topological polar surface area (TPSA) is 50.9 Å². The van der Waals surface area contributed by atoms with Crippen molar-refractivity contribution in [2.24, 2.45) is 5.41 Å². The van der Waals surface area contributed by atoms with Gasteiger partial charge in [0.15, 0.2) is 0 Å². The van der Waals surface area contributed by atoms with E-state index in [1.165, 1.54) is 6.33 Å². The molecule has 20 heavy (non-hydrogen) atoms. The summed E-state index contributed by atoms with van der Waals surface area (Å²) < 4.78 is 1.58. The molecule has 1 aliphatic rings. The van der Waals surface area contributed by atoms with Crippen LogP contribution in [0.15, 0.2) is 43.0 Å². The van der Waals surface area contributed by atoms with Gasteiger partial charge in [-0.15, -0.1) is 11.6 Å². The van der Waals surface area contributed by atoms with E-state index >= 15 is 0 Å². The van der Waals surface area contributed by atoms with E-state index in [9.17, 15) is 5.11 Å². The quantitative estimate of drug-likeness (QED) is 0.872. The van der Waals surface area contributed by atoms with Crippen LogP contribution in [0.3, 0.4) is 0 Å². The maximum Gasteiger partial charge on any atom is 0.138 e. The Morgan fingerprint density at radius 3 is 2.70 bits per heavy atom. The highest BCUT2D eigenvalue weighted by atomic mass is 35.5. The average Bonchev–Trinajstić information content (AvgIpc) is 2.88. The minimum Gasteiger partial charge on any atom is -0.386 e. The first kappa shape index (κ1) is 15.0. The van der Waals surface area contributed by atoms with Crippen LogP contribution < -0.4 is 0 Å². The fourth-order valence-corrected chi connectivity index (χ4v) is 2.29. The maximum absolute atomic E-state index is 10.6. The van der Waals surface area contributed by atoms with E-state index in [4.69, 9.17) is 11.6 Å². The molecular weight excluding hydrogens is 274 g/mol. The molecule has 0 spiro atoms. The van der Waals surface area contributed by atoms with Crippen LogP contribution in [0.1, 0.15) is 27.2 Å². The predicted molar refractivity (Wildman–Crippen MR) is 81.2 cm³/mol. The highest BCUT2D eigenvalue weighted by Gasteiger charge is 2.31. The lowest BCUT2D eigenvalue weighted by Crippen LogP contribution is -2.31. The molecule has 0 fully saturated rings. The Labute approximate surface area is 124 Å². The summed E-state index contributed by atoms with van der Waals surface area (Å²) in [7, 11) is 0. The maximum atomic E-state index is 10.6. The zero-order valence-corrected chi connectivity index (χ0v) is 12.7. The molecule has 0 aromatic carbocycles. The second-order valence-corrected chi connectivity index (χ2v) is 6.80. The van der Waals surface area contributed by atoms with Gasteiger partial charge in [0, 0.05) is 0 Å². The number of alkyl halides is 1. The number of allylic oxidation sites excluding steroid dienone is 5. The van der Waals surface area contributed by atoms with Crippen molar-refractivity contribution in [1.29, 1.82) is 0 Å². The lowest BCUT2D eigenvalue weighted by Gasteiger charge is -2.30. The molecule has 1 heterocycles. The fourth-order valence-electron chi connectivity index (χ4n) is 2.02. The largest absolute Gasteiger partial charge is 0.386 e. The number of hydrogen-bond donors (Lipinski definition) is 1. The Balaban J connectivity index is 2.42. The number of rotatable bonds is 3. The molecule has 0 saturated heterocycles. The summed E-state index contributed by atoms with van der Waals surface area (Å²) in [6.07, 6.45) is 12.7. The molecule has 0 saturated carbocycles. The molecule has 2 unspecified atom stereocenters. The molecule has 0 bridgehead atoms. The van der Waals surface area contributed by atoms with Gasteiger partial charge in [0.2, 0.25) is 0 Å². The van der Waals surface area contributed by atoms with Crippen molar-refractivity contribution in [3.8, 4) is 0 Å². The Bertz CT molecular complexity index is 540. The predicted octanol–water partition coefficient (Wildman–Crippen LogP) is 3.02. The first-order valence-corrected chi connectivity index (χ1v) is 6.99.